The summed E-state index contributed by atoms with van der Waals surface area (Å²) in [5, 5.41) is 0. The van der Waals surface area contributed by atoms with E-state index >= 15 is 0 Å². The number of allylic oxidation sites excluding steroid dienone is 2. The van der Waals surface area contributed by atoms with Gasteiger partial charge in [0.2, 0.25) is 0 Å². The maximum Gasteiger partial charge on any atom is 0.390 e. The van der Waals surface area contributed by atoms with Gasteiger partial charge in [0.05, 0.1) is 13.5 Å². The molecule has 1 unspecified atom stereocenters. The highest BCUT2D eigenvalue weighted by atomic mass is 19.4. The minimum absolute atomic E-state index is 0.131. The molecule has 0 radical (unpaired) electrons. The van der Waals surface area contributed by atoms with E-state index in [1.807, 2.05) is 13.8 Å². The molecular weight excluding hydrogens is 317 g/mol. The highest BCUT2D eigenvalue weighted by Crippen LogP contribution is 2.43. The second-order valence-electron chi connectivity index (χ2n) is 8.02. The molecule has 1 rings (SSSR count). The number of hydrogen-bond acceptors (Lipinski definition) is 2. The molecule has 0 N–H and O–H groups in total. The number of methoxy groups -OCH3 is 1. The SMILES string of the molecule is CCC(C)(CC(F)(F)F)/C(=C/C(=O)C(C)(C)CC1CCCC1)OC. The van der Waals surface area contributed by atoms with Crippen molar-refractivity contribution >= 4 is 5.78 Å². The first-order valence-corrected chi connectivity index (χ1v) is 8.81. The van der Waals surface area contributed by atoms with Crippen LogP contribution in [0.15, 0.2) is 11.8 Å². The van der Waals surface area contributed by atoms with Crippen molar-refractivity contribution in [1.82, 2.24) is 0 Å². The first-order valence-electron chi connectivity index (χ1n) is 8.81. The number of halogens is 3. The first kappa shape index (κ1) is 21.0. The van der Waals surface area contributed by atoms with Crippen LogP contribution in [-0.2, 0) is 9.53 Å². The average molecular weight is 348 g/mol. The van der Waals surface area contributed by atoms with Gasteiger partial charge in [0, 0.05) is 16.9 Å². The Bertz CT molecular complexity index is 460. The van der Waals surface area contributed by atoms with Crippen molar-refractivity contribution in [3.05, 3.63) is 11.8 Å². The molecule has 1 saturated carbocycles. The van der Waals surface area contributed by atoms with Crippen LogP contribution in [0.4, 0.5) is 13.2 Å². The summed E-state index contributed by atoms with van der Waals surface area (Å²) in [4.78, 5) is 12.7. The normalized spacial score (nSPS) is 20.1. The molecule has 1 aliphatic carbocycles. The van der Waals surface area contributed by atoms with E-state index in [1.165, 1.54) is 33.0 Å². The fraction of sp³-hybridized carbons (Fsp3) is 0.842. The predicted octanol–water partition coefficient (Wildman–Crippen LogP) is 6.06. The van der Waals surface area contributed by atoms with E-state index in [9.17, 15) is 18.0 Å². The van der Waals surface area contributed by atoms with Gasteiger partial charge in [-0.05, 0) is 18.8 Å². The maximum atomic E-state index is 12.9. The zero-order valence-corrected chi connectivity index (χ0v) is 15.6. The molecule has 0 aliphatic heterocycles. The van der Waals surface area contributed by atoms with Gasteiger partial charge in [-0.1, -0.05) is 53.4 Å². The summed E-state index contributed by atoms with van der Waals surface area (Å²) < 4.78 is 44.0. The third kappa shape index (κ3) is 5.82. The van der Waals surface area contributed by atoms with Crippen LogP contribution in [0.3, 0.4) is 0 Å². The van der Waals surface area contributed by atoms with Crippen LogP contribution in [0.1, 0.15) is 72.6 Å². The zero-order valence-electron chi connectivity index (χ0n) is 15.6. The van der Waals surface area contributed by atoms with E-state index in [0.29, 0.717) is 5.92 Å². The first-order chi connectivity index (χ1) is 10.9. The molecule has 0 heterocycles. The Labute approximate surface area is 143 Å². The Hall–Kier alpha value is -1.00. The standard InChI is InChI=1S/C19H31F3O2/c1-6-18(4,13-19(20,21)22)16(24-5)11-15(23)17(2,3)12-14-9-7-8-10-14/h11,14H,6-10,12-13H2,1-5H3/b16-11-. The number of ketones is 1. The largest absolute Gasteiger partial charge is 0.500 e. The molecule has 0 aromatic heterocycles. The number of rotatable bonds is 8. The van der Waals surface area contributed by atoms with Crippen LogP contribution in [0.25, 0.3) is 0 Å². The molecule has 0 amide bonds. The van der Waals surface area contributed by atoms with Crippen molar-refractivity contribution in [2.45, 2.75) is 78.8 Å². The van der Waals surface area contributed by atoms with Gasteiger partial charge in [-0.3, -0.25) is 4.79 Å². The second-order valence-corrected chi connectivity index (χ2v) is 8.02. The quantitative estimate of drug-likeness (QED) is 0.393. The third-order valence-corrected chi connectivity index (χ3v) is 5.39. The van der Waals surface area contributed by atoms with Gasteiger partial charge in [0.15, 0.2) is 5.78 Å². The molecule has 0 bridgehead atoms. The van der Waals surface area contributed by atoms with E-state index in [2.05, 4.69) is 0 Å². The molecule has 0 aromatic carbocycles. The van der Waals surface area contributed by atoms with Gasteiger partial charge in [0.1, 0.15) is 5.76 Å². The van der Waals surface area contributed by atoms with Crippen molar-refractivity contribution in [2.24, 2.45) is 16.7 Å². The molecular formula is C19H31F3O2. The van der Waals surface area contributed by atoms with Crippen LogP contribution >= 0.6 is 0 Å². The summed E-state index contributed by atoms with van der Waals surface area (Å²) >= 11 is 0. The topological polar surface area (TPSA) is 26.3 Å². The Morgan fingerprint density at radius 2 is 1.71 bits per heavy atom. The lowest BCUT2D eigenvalue weighted by molar-refractivity contribution is -0.156. The fourth-order valence-electron chi connectivity index (χ4n) is 3.66. The van der Waals surface area contributed by atoms with Crippen LogP contribution in [-0.4, -0.2) is 19.1 Å². The van der Waals surface area contributed by atoms with E-state index in [-0.39, 0.29) is 18.0 Å². The minimum atomic E-state index is -4.30. The number of hydrogen-bond donors (Lipinski definition) is 0. The van der Waals surface area contributed by atoms with Crippen LogP contribution in [0, 0.1) is 16.7 Å². The molecule has 1 fully saturated rings. The Morgan fingerprint density at radius 3 is 2.12 bits per heavy atom. The number of carbonyl (C=O) groups excluding carboxylic acids is 1. The molecule has 2 nitrogen and oxygen atoms in total. The lowest BCUT2D eigenvalue weighted by Gasteiger charge is -2.32. The van der Waals surface area contributed by atoms with Crippen LogP contribution < -0.4 is 0 Å². The van der Waals surface area contributed by atoms with Gasteiger partial charge < -0.3 is 4.74 Å². The Balaban J connectivity index is 2.96. The molecule has 140 valence electrons. The molecule has 1 atom stereocenters. The van der Waals surface area contributed by atoms with Crippen molar-refractivity contribution in [3.63, 3.8) is 0 Å². The monoisotopic (exact) mass is 348 g/mol. The summed E-state index contributed by atoms with van der Waals surface area (Å²) in [5.74, 6) is 0.524. The summed E-state index contributed by atoms with van der Waals surface area (Å²) in [6.07, 6.45) is 1.73. The third-order valence-electron chi connectivity index (χ3n) is 5.39. The van der Waals surface area contributed by atoms with Crippen LogP contribution in [0.5, 0.6) is 0 Å². The van der Waals surface area contributed by atoms with Gasteiger partial charge in [0.25, 0.3) is 0 Å². The van der Waals surface area contributed by atoms with E-state index in [0.717, 1.165) is 19.3 Å². The van der Waals surface area contributed by atoms with Gasteiger partial charge in [-0.15, -0.1) is 0 Å². The molecule has 0 saturated heterocycles. The number of carbonyl (C=O) groups is 1. The molecule has 5 heteroatoms. The second kappa shape index (κ2) is 7.92. The number of ether oxygens (including phenoxy) is 1. The average Bonchev–Trinajstić information content (AvgIpc) is 2.94. The summed E-state index contributed by atoms with van der Waals surface area (Å²) in [6.45, 7) is 6.95. The summed E-state index contributed by atoms with van der Waals surface area (Å²) in [7, 11) is 1.34. The summed E-state index contributed by atoms with van der Waals surface area (Å²) in [6, 6.07) is 0. The minimum Gasteiger partial charge on any atom is -0.500 e. The van der Waals surface area contributed by atoms with Crippen LogP contribution in [0.2, 0.25) is 0 Å². The number of alkyl halides is 3. The summed E-state index contributed by atoms with van der Waals surface area (Å²) in [5.41, 5.74) is -1.79. The van der Waals surface area contributed by atoms with E-state index < -0.39 is 23.4 Å². The molecule has 24 heavy (non-hydrogen) atoms. The fourth-order valence-corrected chi connectivity index (χ4v) is 3.66. The van der Waals surface area contributed by atoms with Crippen molar-refractivity contribution in [2.75, 3.05) is 7.11 Å². The van der Waals surface area contributed by atoms with Crippen molar-refractivity contribution < 1.29 is 22.7 Å². The molecule has 0 aromatic rings. The highest BCUT2D eigenvalue weighted by molar-refractivity contribution is 5.94. The van der Waals surface area contributed by atoms with Gasteiger partial charge in [-0.25, -0.2) is 0 Å². The molecule has 0 spiro atoms. The van der Waals surface area contributed by atoms with Crippen molar-refractivity contribution in [3.8, 4) is 0 Å². The van der Waals surface area contributed by atoms with E-state index in [1.54, 1.807) is 6.92 Å². The maximum absolute atomic E-state index is 12.9. The zero-order chi connectivity index (χ0) is 18.6. The highest BCUT2D eigenvalue weighted by Gasteiger charge is 2.42. The molecule has 1 aliphatic rings. The Morgan fingerprint density at radius 1 is 1.17 bits per heavy atom. The van der Waals surface area contributed by atoms with Crippen molar-refractivity contribution in [1.29, 1.82) is 0 Å². The smallest absolute Gasteiger partial charge is 0.390 e. The predicted molar refractivity (Wildman–Crippen MR) is 89.5 cm³/mol. The van der Waals surface area contributed by atoms with E-state index in [4.69, 9.17) is 4.74 Å². The lowest BCUT2D eigenvalue weighted by atomic mass is 9.76. The van der Waals surface area contributed by atoms with Gasteiger partial charge in [-0.2, -0.15) is 13.2 Å². The Kier molecular flexibility index (Phi) is 6.94. The lowest BCUT2D eigenvalue weighted by Crippen LogP contribution is -2.30. The van der Waals surface area contributed by atoms with Gasteiger partial charge >= 0.3 is 6.18 Å².